The van der Waals surface area contributed by atoms with Gasteiger partial charge in [-0.15, -0.1) is 16.4 Å². The van der Waals surface area contributed by atoms with Gasteiger partial charge in [-0.3, -0.25) is 9.59 Å². The zero-order valence-electron chi connectivity index (χ0n) is 11.9. The van der Waals surface area contributed by atoms with Crippen molar-refractivity contribution in [3.63, 3.8) is 0 Å². The second kappa shape index (κ2) is 5.69. The van der Waals surface area contributed by atoms with Crippen LogP contribution < -0.4 is 11.3 Å². The molecule has 0 aliphatic rings. The second-order valence-corrected chi connectivity index (χ2v) is 5.89. The van der Waals surface area contributed by atoms with E-state index in [1.54, 1.807) is 13.0 Å². The van der Waals surface area contributed by atoms with E-state index in [0.29, 0.717) is 16.6 Å². The van der Waals surface area contributed by atoms with Gasteiger partial charge in [0.15, 0.2) is 4.83 Å². The lowest BCUT2D eigenvalue weighted by Gasteiger charge is -2.11. The maximum absolute atomic E-state index is 12.5. The molecule has 6 nitrogen and oxygen atoms in total. The highest BCUT2D eigenvalue weighted by Crippen LogP contribution is 2.30. The molecule has 22 heavy (non-hydrogen) atoms. The molecule has 2 aromatic heterocycles. The minimum absolute atomic E-state index is 0.339. The van der Waals surface area contributed by atoms with Crippen LogP contribution in [0.4, 0.5) is 0 Å². The molecule has 1 atom stereocenters. The summed E-state index contributed by atoms with van der Waals surface area (Å²) in [5.41, 5.74) is 6.00. The van der Waals surface area contributed by atoms with Crippen LogP contribution >= 0.6 is 11.3 Å². The molecule has 3 aromatic rings. The highest BCUT2D eigenvalue weighted by Gasteiger charge is 2.20. The zero-order chi connectivity index (χ0) is 15.7. The molecule has 0 fully saturated rings. The molecule has 0 bridgehead atoms. The Kier molecular flexibility index (Phi) is 3.72. The van der Waals surface area contributed by atoms with E-state index in [1.807, 2.05) is 30.3 Å². The SMILES string of the molecule is CCC(C(N)=O)n1nnc2sc(-c3ccccc3)cc2c1=O. The van der Waals surface area contributed by atoms with Crippen LogP contribution in [0, 0.1) is 0 Å². The van der Waals surface area contributed by atoms with Crippen LogP contribution in [0.5, 0.6) is 0 Å². The first-order valence-electron chi connectivity index (χ1n) is 6.85. The number of thiophene rings is 1. The second-order valence-electron chi connectivity index (χ2n) is 4.86. The molecule has 1 amide bonds. The lowest BCUT2D eigenvalue weighted by molar-refractivity contribution is -0.121. The van der Waals surface area contributed by atoms with E-state index in [0.717, 1.165) is 15.1 Å². The van der Waals surface area contributed by atoms with Crippen molar-refractivity contribution in [2.24, 2.45) is 5.73 Å². The first kappa shape index (κ1) is 14.4. The Morgan fingerprint density at radius 2 is 2.09 bits per heavy atom. The van der Waals surface area contributed by atoms with Crippen LogP contribution in [-0.4, -0.2) is 20.9 Å². The number of primary amides is 1. The third-order valence-electron chi connectivity index (χ3n) is 3.45. The summed E-state index contributed by atoms with van der Waals surface area (Å²) in [5, 5.41) is 8.39. The Hall–Kier alpha value is -2.54. The van der Waals surface area contributed by atoms with Crippen LogP contribution in [0.25, 0.3) is 20.7 Å². The van der Waals surface area contributed by atoms with Crippen molar-refractivity contribution < 1.29 is 4.79 Å². The van der Waals surface area contributed by atoms with E-state index in [-0.39, 0.29) is 5.56 Å². The number of carbonyl (C=O) groups excluding carboxylic acids is 1. The van der Waals surface area contributed by atoms with Crippen LogP contribution in [0.2, 0.25) is 0 Å². The van der Waals surface area contributed by atoms with Gasteiger partial charge in [-0.2, -0.15) is 4.68 Å². The van der Waals surface area contributed by atoms with Gasteiger partial charge >= 0.3 is 0 Å². The number of nitrogens with two attached hydrogens (primary N) is 1. The molecule has 0 aliphatic carbocycles. The topological polar surface area (TPSA) is 90.9 Å². The number of hydrogen-bond acceptors (Lipinski definition) is 5. The number of fused-ring (bicyclic) bond motifs is 1. The fourth-order valence-corrected chi connectivity index (χ4v) is 3.28. The molecule has 112 valence electrons. The summed E-state index contributed by atoms with van der Waals surface area (Å²) in [6, 6.07) is 10.8. The van der Waals surface area contributed by atoms with Crippen molar-refractivity contribution in [2.75, 3.05) is 0 Å². The quantitative estimate of drug-likeness (QED) is 0.797. The molecule has 2 heterocycles. The minimum atomic E-state index is -0.774. The average molecular weight is 314 g/mol. The summed E-state index contributed by atoms with van der Waals surface area (Å²) in [4.78, 5) is 25.5. The fourth-order valence-electron chi connectivity index (χ4n) is 2.30. The molecule has 1 unspecified atom stereocenters. The third-order valence-corrected chi connectivity index (χ3v) is 4.52. The van der Waals surface area contributed by atoms with Crippen LogP contribution in [0.15, 0.2) is 41.2 Å². The average Bonchev–Trinajstić information content (AvgIpc) is 2.96. The highest BCUT2D eigenvalue weighted by atomic mass is 32.1. The Morgan fingerprint density at radius 3 is 2.73 bits per heavy atom. The standard InChI is InChI=1S/C15H14N4O2S/c1-2-11(13(16)20)19-15(21)10-8-12(22-14(10)17-18-19)9-6-4-3-5-7-9/h3-8,11H,2H2,1H3,(H2,16,20). The molecular weight excluding hydrogens is 300 g/mol. The highest BCUT2D eigenvalue weighted by molar-refractivity contribution is 7.21. The predicted molar refractivity (Wildman–Crippen MR) is 85.6 cm³/mol. The van der Waals surface area contributed by atoms with Crippen LogP contribution in [0.3, 0.4) is 0 Å². The summed E-state index contributed by atoms with van der Waals surface area (Å²) in [6.45, 7) is 1.77. The van der Waals surface area contributed by atoms with E-state index in [1.165, 1.54) is 11.3 Å². The van der Waals surface area contributed by atoms with Gasteiger partial charge in [-0.25, -0.2) is 0 Å². The van der Waals surface area contributed by atoms with Gasteiger partial charge in [0, 0.05) is 4.88 Å². The van der Waals surface area contributed by atoms with Gasteiger partial charge in [0.2, 0.25) is 5.91 Å². The Morgan fingerprint density at radius 1 is 1.36 bits per heavy atom. The molecule has 0 radical (unpaired) electrons. The molecular formula is C15H14N4O2S. The molecule has 0 spiro atoms. The number of carbonyl (C=O) groups is 1. The first-order chi connectivity index (χ1) is 10.6. The first-order valence-corrected chi connectivity index (χ1v) is 7.67. The lowest BCUT2D eigenvalue weighted by Crippen LogP contribution is -2.35. The van der Waals surface area contributed by atoms with Gasteiger partial charge in [-0.1, -0.05) is 42.5 Å². The number of rotatable bonds is 4. The number of hydrogen-bond donors (Lipinski definition) is 1. The maximum Gasteiger partial charge on any atom is 0.279 e. The van der Waals surface area contributed by atoms with Crippen molar-refractivity contribution in [1.82, 2.24) is 15.0 Å². The normalized spacial score (nSPS) is 12.4. The maximum atomic E-state index is 12.5. The number of amides is 1. The molecule has 2 N–H and O–H groups in total. The fraction of sp³-hybridized carbons (Fsp3) is 0.200. The van der Waals surface area contributed by atoms with Gasteiger partial charge < -0.3 is 5.73 Å². The van der Waals surface area contributed by atoms with E-state index in [4.69, 9.17) is 5.73 Å². The van der Waals surface area contributed by atoms with Crippen molar-refractivity contribution >= 4 is 27.5 Å². The molecule has 7 heteroatoms. The summed E-state index contributed by atoms with van der Waals surface area (Å²) in [5.74, 6) is -0.586. The predicted octanol–water partition coefficient (Wildman–Crippen LogP) is 1.96. The van der Waals surface area contributed by atoms with E-state index >= 15 is 0 Å². The minimum Gasteiger partial charge on any atom is -0.368 e. The summed E-state index contributed by atoms with van der Waals surface area (Å²) < 4.78 is 1.08. The molecule has 0 aliphatic heterocycles. The monoisotopic (exact) mass is 314 g/mol. The number of nitrogens with zero attached hydrogens (tertiary/aromatic N) is 3. The van der Waals surface area contributed by atoms with Crippen molar-refractivity contribution in [1.29, 1.82) is 0 Å². The number of aromatic nitrogens is 3. The van der Waals surface area contributed by atoms with E-state index < -0.39 is 11.9 Å². The van der Waals surface area contributed by atoms with Gasteiger partial charge in [-0.05, 0) is 18.1 Å². The molecule has 0 saturated carbocycles. The van der Waals surface area contributed by atoms with Gasteiger partial charge in [0.25, 0.3) is 5.56 Å². The Bertz CT molecular complexity index is 885. The third kappa shape index (κ3) is 2.39. The van der Waals surface area contributed by atoms with E-state index in [9.17, 15) is 9.59 Å². The largest absolute Gasteiger partial charge is 0.368 e. The molecule has 1 aromatic carbocycles. The van der Waals surface area contributed by atoms with Crippen molar-refractivity contribution in [2.45, 2.75) is 19.4 Å². The van der Waals surface area contributed by atoms with Crippen molar-refractivity contribution in [3.05, 3.63) is 46.8 Å². The molecule has 3 rings (SSSR count). The molecule has 0 saturated heterocycles. The number of benzene rings is 1. The Balaban J connectivity index is 2.16. The van der Waals surface area contributed by atoms with Crippen molar-refractivity contribution in [3.8, 4) is 10.4 Å². The van der Waals surface area contributed by atoms with E-state index in [2.05, 4.69) is 10.3 Å². The lowest BCUT2D eigenvalue weighted by atomic mass is 10.2. The summed E-state index contributed by atoms with van der Waals surface area (Å²) in [7, 11) is 0. The summed E-state index contributed by atoms with van der Waals surface area (Å²) >= 11 is 1.40. The van der Waals surface area contributed by atoms with Gasteiger partial charge in [0.1, 0.15) is 6.04 Å². The zero-order valence-corrected chi connectivity index (χ0v) is 12.7. The van der Waals surface area contributed by atoms with Crippen LogP contribution in [0.1, 0.15) is 19.4 Å². The van der Waals surface area contributed by atoms with Gasteiger partial charge in [0.05, 0.1) is 5.39 Å². The Labute approximate surface area is 130 Å². The summed E-state index contributed by atoms with van der Waals surface area (Å²) in [6.07, 6.45) is 0.394. The van der Waals surface area contributed by atoms with Crippen LogP contribution in [-0.2, 0) is 4.79 Å². The smallest absolute Gasteiger partial charge is 0.279 e.